The molecule has 1 aromatic heterocycles. The minimum absolute atomic E-state index is 0.118. The molecule has 0 aliphatic heterocycles. The average molecular weight is 234 g/mol. The minimum Gasteiger partial charge on any atom is -0.478 e. The quantitative estimate of drug-likeness (QED) is 0.812. The molecule has 0 radical (unpaired) electrons. The molecule has 2 aromatic rings. The van der Waals surface area contributed by atoms with Gasteiger partial charge in [-0.2, -0.15) is 0 Å². The van der Waals surface area contributed by atoms with Crippen LogP contribution in [0.1, 0.15) is 36.0 Å². The number of carbonyl (C=O) groups is 1. The number of rotatable bonds is 1. The van der Waals surface area contributed by atoms with Crippen LogP contribution in [0.5, 0.6) is 0 Å². The first-order valence-electron chi connectivity index (χ1n) is 5.15. The van der Waals surface area contributed by atoms with E-state index < -0.39 is 5.97 Å². The number of benzene rings is 1. The van der Waals surface area contributed by atoms with Gasteiger partial charge in [0.2, 0.25) is 0 Å². The van der Waals surface area contributed by atoms with Gasteiger partial charge in [0.05, 0.1) is 5.56 Å². The van der Waals surface area contributed by atoms with E-state index in [0.29, 0.717) is 5.56 Å². The molecular formula is C13H14O2S. The molecule has 0 saturated heterocycles. The van der Waals surface area contributed by atoms with Crippen molar-refractivity contribution < 1.29 is 9.90 Å². The predicted molar refractivity (Wildman–Crippen MR) is 67.5 cm³/mol. The van der Waals surface area contributed by atoms with Crippen LogP contribution in [-0.4, -0.2) is 11.1 Å². The summed E-state index contributed by atoms with van der Waals surface area (Å²) >= 11 is 1.73. The molecule has 1 aromatic carbocycles. The van der Waals surface area contributed by atoms with Gasteiger partial charge in [-0.3, -0.25) is 0 Å². The Labute approximate surface area is 98.5 Å². The van der Waals surface area contributed by atoms with E-state index in [1.807, 2.05) is 6.07 Å². The Hall–Kier alpha value is -1.35. The predicted octanol–water partition coefficient (Wildman–Crippen LogP) is 3.90. The second-order valence-corrected chi connectivity index (χ2v) is 6.00. The van der Waals surface area contributed by atoms with Crippen molar-refractivity contribution in [2.75, 3.05) is 0 Å². The van der Waals surface area contributed by atoms with E-state index in [2.05, 4.69) is 26.8 Å². The first kappa shape index (κ1) is 11.1. The van der Waals surface area contributed by atoms with Crippen LogP contribution < -0.4 is 0 Å². The Kier molecular flexibility index (Phi) is 2.50. The summed E-state index contributed by atoms with van der Waals surface area (Å²) in [5, 5.41) is 9.94. The van der Waals surface area contributed by atoms with Gasteiger partial charge in [0, 0.05) is 9.58 Å². The summed E-state index contributed by atoms with van der Waals surface area (Å²) in [6.45, 7) is 6.49. The van der Waals surface area contributed by atoms with E-state index in [1.54, 1.807) is 23.5 Å². The molecule has 84 valence electrons. The van der Waals surface area contributed by atoms with Crippen molar-refractivity contribution in [1.82, 2.24) is 0 Å². The van der Waals surface area contributed by atoms with Crippen LogP contribution in [0.25, 0.3) is 10.1 Å². The van der Waals surface area contributed by atoms with Crippen LogP contribution in [0.3, 0.4) is 0 Å². The van der Waals surface area contributed by atoms with Gasteiger partial charge in [-0.25, -0.2) is 4.79 Å². The van der Waals surface area contributed by atoms with E-state index in [-0.39, 0.29) is 5.41 Å². The molecule has 2 nitrogen and oxygen atoms in total. The van der Waals surface area contributed by atoms with Crippen molar-refractivity contribution >= 4 is 27.4 Å². The molecule has 0 unspecified atom stereocenters. The van der Waals surface area contributed by atoms with E-state index in [4.69, 9.17) is 5.11 Å². The Balaban J connectivity index is 2.59. The molecule has 1 heterocycles. The fraction of sp³-hybridized carbons (Fsp3) is 0.308. The smallest absolute Gasteiger partial charge is 0.335 e. The zero-order valence-electron chi connectivity index (χ0n) is 9.57. The standard InChI is InChI=1S/C13H14O2S/c1-13(2,3)11-7-9-6-8(12(14)15)4-5-10(9)16-11/h4-7H,1-3H3,(H,14,15). The van der Waals surface area contributed by atoms with Gasteiger partial charge >= 0.3 is 5.97 Å². The Bertz CT molecular complexity index is 547. The van der Waals surface area contributed by atoms with Crippen molar-refractivity contribution in [1.29, 1.82) is 0 Å². The van der Waals surface area contributed by atoms with E-state index in [1.165, 1.54) is 4.88 Å². The van der Waals surface area contributed by atoms with Crippen molar-refractivity contribution in [2.45, 2.75) is 26.2 Å². The third-order valence-electron chi connectivity index (χ3n) is 2.50. The van der Waals surface area contributed by atoms with Crippen LogP contribution in [0.4, 0.5) is 0 Å². The minimum atomic E-state index is -0.870. The van der Waals surface area contributed by atoms with Gasteiger partial charge in [0.1, 0.15) is 0 Å². The molecule has 0 amide bonds. The summed E-state index contributed by atoms with van der Waals surface area (Å²) in [4.78, 5) is 12.1. The molecule has 3 heteroatoms. The maximum absolute atomic E-state index is 10.9. The first-order valence-corrected chi connectivity index (χ1v) is 5.97. The highest BCUT2D eigenvalue weighted by atomic mass is 32.1. The Morgan fingerprint density at radius 2 is 1.94 bits per heavy atom. The number of hydrogen-bond donors (Lipinski definition) is 1. The monoisotopic (exact) mass is 234 g/mol. The van der Waals surface area contributed by atoms with Crippen LogP contribution in [0.2, 0.25) is 0 Å². The summed E-state index contributed by atoms with van der Waals surface area (Å²) < 4.78 is 1.15. The summed E-state index contributed by atoms with van der Waals surface area (Å²) in [5.74, 6) is -0.870. The van der Waals surface area contributed by atoms with E-state index in [0.717, 1.165) is 10.1 Å². The van der Waals surface area contributed by atoms with Crippen LogP contribution >= 0.6 is 11.3 Å². The van der Waals surface area contributed by atoms with Crippen LogP contribution in [0, 0.1) is 0 Å². The van der Waals surface area contributed by atoms with E-state index in [9.17, 15) is 4.79 Å². The molecule has 1 N–H and O–H groups in total. The number of hydrogen-bond acceptors (Lipinski definition) is 2. The lowest BCUT2D eigenvalue weighted by molar-refractivity contribution is 0.0697. The fourth-order valence-corrected chi connectivity index (χ4v) is 2.65. The fourth-order valence-electron chi connectivity index (χ4n) is 1.55. The zero-order valence-corrected chi connectivity index (χ0v) is 10.4. The lowest BCUT2D eigenvalue weighted by atomic mass is 9.94. The van der Waals surface area contributed by atoms with Gasteiger partial charge in [-0.05, 0) is 35.1 Å². The number of carboxylic acid groups (broad SMARTS) is 1. The van der Waals surface area contributed by atoms with Gasteiger partial charge in [-0.1, -0.05) is 20.8 Å². The van der Waals surface area contributed by atoms with Crippen molar-refractivity contribution in [3.05, 3.63) is 34.7 Å². The third-order valence-corrected chi connectivity index (χ3v) is 4.04. The maximum atomic E-state index is 10.9. The molecule has 0 aliphatic rings. The number of thiophene rings is 1. The number of carboxylic acids is 1. The van der Waals surface area contributed by atoms with Crippen LogP contribution in [0.15, 0.2) is 24.3 Å². The molecule has 0 saturated carbocycles. The molecule has 0 aliphatic carbocycles. The molecule has 0 spiro atoms. The summed E-state index contributed by atoms with van der Waals surface area (Å²) in [6, 6.07) is 7.38. The van der Waals surface area contributed by atoms with Gasteiger partial charge in [0.15, 0.2) is 0 Å². The second-order valence-electron chi connectivity index (χ2n) is 4.92. The molecule has 16 heavy (non-hydrogen) atoms. The SMILES string of the molecule is CC(C)(C)c1cc2cc(C(=O)O)ccc2s1. The summed E-state index contributed by atoms with van der Waals surface area (Å²) in [6.07, 6.45) is 0. The van der Waals surface area contributed by atoms with Crippen molar-refractivity contribution in [3.63, 3.8) is 0 Å². The summed E-state index contributed by atoms with van der Waals surface area (Å²) in [7, 11) is 0. The highest BCUT2D eigenvalue weighted by molar-refractivity contribution is 7.19. The molecule has 0 atom stereocenters. The van der Waals surface area contributed by atoms with Gasteiger partial charge < -0.3 is 5.11 Å². The first-order chi connectivity index (χ1) is 7.38. The Morgan fingerprint density at radius 1 is 1.25 bits per heavy atom. The highest BCUT2D eigenvalue weighted by Crippen LogP contribution is 2.34. The lowest BCUT2D eigenvalue weighted by Crippen LogP contribution is -2.07. The molecular weight excluding hydrogens is 220 g/mol. The van der Waals surface area contributed by atoms with Crippen molar-refractivity contribution in [2.24, 2.45) is 0 Å². The van der Waals surface area contributed by atoms with E-state index >= 15 is 0 Å². The van der Waals surface area contributed by atoms with Gasteiger partial charge in [-0.15, -0.1) is 11.3 Å². The van der Waals surface area contributed by atoms with Crippen molar-refractivity contribution in [3.8, 4) is 0 Å². The molecule has 2 rings (SSSR count). The molecule has 0 bridgehead atoms. The average Bonchev–Trinajstić information content (AvgIpc) is 2.58. The zero-order chi connectivity index (χ0) is 11.9. The molecule has 0 fully saturated rings. The lowest BCUT2D eigenvalue weighted by Gasteiger charge is -2.14. The van der Waals surface area contributed by atoms with Crippen LogP contribution in [-0.2, 0) is 5.41 Å². The maximum Gasteiger partial charge on any atom is 0.335 e. The normalized spacial score (nSPS) is 11.9. The largest absolute Gasteiger partial charge is 0.478 e. The Morgan fingerprint density at radius 3 is 2.50 bits per heavy atom. The topological polar surface area (TPSA) is 37.3 Å². The number of aromatic carboxylic acids is 1. The highest BCUT2D eigenvalue weighted by Gasteiger charge is 2.17. The third kappa shape index (κ3) is 1.95. The number of fused-ring (bicyclic) bond motifs is 1. The van der Waals surface area contributed by atoms with Gasteiger partial charge in [0.25, 0.3) is 0 Å². The summed E-state index contributed by atoms with van der Waals surface area (Å²) in [5.41, 5.74) is 0.471. The second kappa shape index (κ2) is 3.59.